The first-order valence-corrected chi connectivity index (χ1v) is 7.24. The molecule has 112 valence electrons. The smallest absolute Gasteiger partial charge is 0.246 e. The third kappa shape index (κ3) is 4.12. The van der Waals surface area contributed by atoms with Gasteiger partial charge in [-0.2, -0.15) is 0 Å². The molecule has 0 atom stereocenters. The second kappa shape index (κ2) is 5.95. The predicted molar refractivity (Wildman–Crippen MR) is 82.8 cm³/mol. The first-order chi connectivity index (χ1) is 9.75. The number of nitrogens with one attached hydrogen (secondary N) is 1. The number of benzene rings is 1. The number of hydrogen-bond donors (Lipinski definition) is 2. The summed E-state index contributed by atoms with van der Waals surface area (Å²) in [5.41, 5.74) is 1.12. The van der Waals surface area contributed by atoms with E-state index in [1.54, 1.807) is 20.0 Å². The summed E-state index contributed by atoms with van der Waals surface area (Å²) in [5, 5.41) is 20.3. The topological polar surface area (TPSA) is 80.0 Å². The van der Waals surface area contributed by atoms with Gasteiger partial charge in [-0.15, -0.1) is 5.10 Å². The molecule has 0 aliphatic carbocycles. The normalized spacial score (nSPS) is 11.5. The van der Waals surface area contributed by atoms with Crippen LogP contribution in [0, 0.1) is 6.92 Å². The van der Waals surface area contributed by atoms with E-state index in [9.17, 15) is 9.90 Å². The number of carbonyl (C=O) groups is 1. The van der Waals surface area contributed by atoms with Crippen LogP contribution in [0.1, 0.15) is 25.1 Å². The van der Waals surface area contributed by atoms with Crippen molar-refractivity contribution in [2.24, 2.45) is 0 Å². The lowest BCUT2D eigenvalue weighted by atomic mass is 10.1. The standard InChI is InChI=1S/C14H17BrN4O2/c1-9-6-10(4-5-11(9)15)16-13(20)8-19-7-12(17-18-19)14(2,3)21/h4-7,21H,8H2,1-3H3,(H,16,20). The van der Waals surface area contributed by atoms with E-state index in [2.05, 4.69) is 31.6 Å². The zero-order chi connectivity index (χ0) is 15.6. The second-order valence-electron chi connectivity index (χ2n) is 5.37. The van der Waals surface area contributed by atoms with E-state index in [0.717, 1.165) is 15.7 Å². The summed E-state index contributed by atoms with van der Waals surface area (Å²) >= 11 is 3.41. The molecule has 0 unspecified atom stereocenters. The number of anilines is 1. The average molecular weight is 353 g/mol. The molecule has 2 N–H and O–H groups in total. The summed E-state index contributed by atoms with van der Waals surface area (Å²) in [6, 6.07) is 5.58. The molecule has 0 saturated heterocycles. The van der Waals surface area contributed by atoms with E-state index in [0.29, 0.717) is 5.69 Å². The SMILES string of the molecule is Cc1cc(NC(=O)Cn2cc(C(C)(C)O)nn2)ccc1Br. The van der Waals surface area contributed by atoms with Crippen LogP contribution >= 0.6 is 15.9 Å². The number of halogens is 1. The highest BCUT2D eigenvalue weighted by atomic mass is 79.9. The third-order valence-corrected chi connectivity index (χ3v) is 3.80. The highest BCUT2D eigenvalue weighted by Gasteiger charge is 2.20. The van der Waals surface area contributed by atoms with E-state index in [1.165, 1.54) is 4.68 Å². The Morgan fingerprint density at radius 2 is 2.19 bits per heavy atom. The molecule has 21 heavy (non-hydrogen) atoms. The fraction of sp³-hybridized carbons (Fsp3) is 0.357. The number of aryl methyl sites for hydroxylation is 1. The third-order valence-electron chi connectivity index (χ3n) is 2.91. The molecule has 0 bridgehead atoms. The summed E-state index contributed by atoms with van der Waals surface area (Å²) in [4.78, 5) is 12.0. The fourth-order valence-corrected chi connectivity index (χ4v) is 1.97. The number of carbonyl (C=O) groups excluding carboxylic acids is 1. The molecule has 0 aliphatic heterocycles. The van der Waals surface area contributed by atoms with Gasteiger partial charge in [-0.25, -0.2) is 4.68 Å². The molecule has 1 amide bonds. The van der Waals surface area contributed by atoms with Crippen LogP contribution in [0.5, 0.6) is 0 Å². The first-order valence-electron chi connectivity index (χ1n) is 6.45. The molecule has 0 fully saturated rings. The molecule has 2 aromatic rings. The van der Waals surface area contributed by atoms with E-state index in [4.69, 9.17) is 0 Å². The minimum absolute atomic E-state index is 0.0399. The Bertz CT molecular complexity index is 661. The lowest BCUT2D eigenvalue weighted by Gasteiger charge is -2.11. The van der Waals surface area contributed by atoms with Gasteiger partial charge in [0.05, 0.1) is 6.20 Å². The molecule has 2 rings (SSSR count). The minimum atomic E-state index is -1.07. The molecule has 6 nitrogen and oxygen atoms in total. The fourth-order valence-electron chi connectivity index (χ4n) is 1.73. The van der Waals surface area contributed by atoms with Crippen molar-refractivity contribution in [2.75, 3.05) is 5.32 Å². The molecule has 1 aromatic carbocycles. The Hall–Kier alpha value is -1.73. The maximum Gasteiger partial charge on any atom is 0.246 e. The zero-order valence-corrected chi connectivity index (χ0v) is 13.7. The summed E-state index contributed by atoms with van der Waals surface area (Å²) in [5.74, 6) is -0.205. The number of aliphatic hydroxyl groups is 1. The van der Waals surface area contributed by atoms with Crippen molar-refractivity contribution in [2.45, 2.75) is 32.9 Å². The Morgan fingerprint density at radius 1 is 1.48 bits per heavy atom. The van der Waals surface area contributed by atoms with Crippen molar-refractivity contribution in [1.29, 1.82) is 0 Å². The quantitative estimate of drug-likeness (QED) is 0.883. The second-order valence-corrected chi connectivity index (χ2v) is 6.23. The van der Waals surface area contributed by atoms with Crippen molar-refractivity contribution in [3.8, 4) is 0 Å². The number of nitrogens with zero attached hydrogens (tertiary/aromatic N) is 3. The number of hydrogen-bond acceptors (Lipinski definition) is 4. The van der Waals surface area contributed by atoms with Gasteiger partial charge in [0.1, 0.15) is 17.8 Å². The molecule has 0 saturated carbocycles. The van der Waals surface area contributed by atoms with Gasteiger partial charge in [0.2, 0.25) is 5.91 Å². The van der Waals surface area contributed by atoms with Gasteiger partial charge in [0.25, 0.3) is 0 Å². The Balaban J connectivity index is 2.01. The van der Waals surface area contributed by atoms with E-state index >= 15 is 0 Å². The Labute approximate surface area is 131 Å². The van der Waals surface area contributed by atoms with Gasteiger partial charge in [-0.05, 0) is 44.5 Å². The molecule has 0 aliphatic rings. The van der Waals surface area contributed by atoms with Crippen molar-refractivity contribution in [1.82, 2.24) is 15.0 Å². The molecule has 1 heterocycles. The highest BCUT2D eigenvalue weighted by Crippen LogP contribution is 2.20. The van der Waals surface area contributed by atoms with Crippen molar-refractivity contribution >= 4 is 27.5 Å². The van der Waals surface area contributed by atoms with E-state index in [1.807, 2.05) is 25.1 Å². The van der Waals surface area contributed by atoms with Crippen LogP contribution in [0.2, 0.25) is 0 Å². The zero-order valence-electron chi connectivity index (χ0n) is 12.1. The van der Waals surface area contributed by atoms with Gasteiger partial charge in [0, 0.05) is 10.2 Å². The first kappa shape index (κ1) is 15.7. The van der Waals surface area contributed by atoms with Gasteiger partial charge < -0.3 is 10.4 Å². The minimum Gasteiger partial charge on any atom is -0.384 e. The van der Waals surface area contributed by atoms with E-state index in [-0.39, 0.29) is 12.5 Å². The van der Waals surface area contributed by atoms with Crippen molar-refractivity contribution in [3.05, 3.63) is 40.1 Å². The van der Waals surface area contributed by atoms with E-state index < -0.39 is 5.60 Å². The van der Waals surface area contributed by atoms with Crippen LogP contribution in [0.25, 0.3) is 0 Å². The number of aromatic nitrogens is 3. The summed E-state index contributed by atoms with van der Waals surface area (Å²) in [6.45, 7) is 5.23. The summed E-state index contributed by atoms with van der Waals surface area (Å²) in [6.07, 6.45) is 1.56. The van der Waals surface area contributed by atoms with Crippen LogP contribution in [-0.2, 0) is 16.9 Å². The summed E-state index contributed by atoms with van der Waals surface area (Å²) < 4.78 is 2.39. The van der Waals surface area contributed by atoms with Gasteiger partial charge >= 0.3 is 0 Å². The molecule has 1 aromatic heterocycles. The van der Waals surface area contributed by atoms with Crippen LogP contribution in [0.15, 0.2) is 28.9 Å². The average Bonchev–Trinajstić information content (AvgIpc) is 2.82. The number of amides is 1. The Kier molecular flexibility index (Phi) is 4.43. The summed E-state index contributed by atoms with van der Waals surface area (Å²) in [7, 11) is 0. The Morgan fingerprint density at radius 3 is 2.76 bits per heavy atom. The maximum absolute atomic E-state index is 12.0. The molecular formula is C14H17BrN4O2. The molecule has 0 spiro atoms. The van der Waals surface area contributed by atoms with Gasteiger partial charge in [-0.3, -0.25) is 4.79 Å². The van der Waals surface area contributed by atoms with Crippen molar-refractivity contribution in [3.63, 3.8) is 0 Å². The van der Waals surface area contributed by atoms with Crippen LogP contribution in [-0.4, -0.2) is 26.0 Å². The van der Waals surface area contributed by atoms with Crippen LogP contribution in [0.4, 0.5) is 5.69 Å². The lowest BCUT2D eigenvalue weighted by molar-refractivity contribution is -0.116. The van der Waals surface area contributed by atoms with Gasteiger partial charge in [-0.1, -0.05) is 21.1 Å². The molecule has 7 heteroatoms. The highest BCUT2D eigenvalue weighted by molar-refractivity contribution is 9.10. The van der Waals surface area contributed by atoms with Crippen LogP contribution < -0.4 is 5.32 Å². The molecular weight excluding hydrogens is 336 g/mol. The number of rotatable bonds is 4. The van der Waals surface area contributed by atoms with Crippen LogP contribution in [0.3, 0.4) is 0 Å². The maximum atomic E-state index is 12.0. The largest absolute Gasteiger partial charge is 0.384 e. The van der Waals surface area contributed by atoms with Crippen molar-refractivity contribution < 1.29 is 9.90 Å². The monoisotopic (exact) mass is 352 g/mol. The lowest BCUT2D eigenvalue weighted by Crippen LogP contribution is -2.19. The molecule has 0 radical (unpaired) electrons. The van der Waals surface area contributed by atoms with Gasteiger partial charge in [0.15, 0.2) is 0 Å². The predicted octanol–water partition coefficient (Wildman–Crippen LogP) is 2.22.